The summed E-state index contributed by atoms with van der Waals surface area (Å²) in [5.74, 6) is 6.56. The predicted molar refractivity (Wildman–Crippen MR) is 171 cm³/mol. The number of hydrogen-bond donors (Lipinski definition) is 0. The molecule has 0 aliphatic rings. The Morgan fingerprint density at radius 2 is 0.694 bits per heavy atom. The van der Waals surface area contributed by atoms with Gasteiger partial charge in [0, 0.05) is 0 Å². The van der Waals surface area contributed by atoms with E-state index in [2.05, 4.69) is 65.5 Å². The molecule has 0 aliphatic heterocycles. The zero-order chi connectivity index (χ0) is 26.9. The molecule has 0 fully saturated rings. The Hall–Kier alpha value is -0.0626. The molecule has 0 bridgehead atoms. The van der Waals surface area contributed by atoms with Crippen LogP contribution in [0.4, 0.5) is 0 Å². The van der Waals surface area contributed by atoms with Crippen LogP contribution in [0.2, 0.25) is 26.6 Å². The number of rotatable bonds is 20. The molecule has 202 valence electrons. The standard InChI is InChI=1S/C10H4.6C4H9.2Sn/c1-3-9-5-7-10(4-2)8-6-9;6*1-3-4-2;;/h1-2,5,7H;6*1,3-4H2,2H3;;. The molecule has 36 heavy (non-hydrogen) atoms. The third-order valence-corrected chi connectivity index (χ3v) is 42.1. The van der Waals surface area contributed by atoms with Gasteiger partial charge in [-0.2, -0.15) is 0 Å². The number of terminal acetylenes is 2. The van der Waals surface area contributed by atoms with E-state index in [-0.39, 0.29) is 0 Å². The van der Waals surface area contributed by atoms with Gasteiger partial charge in [0.15, 0.2) is 0 Å². The van der Waals surface area contributed by atoms with Crippen molar-refractivity contribution in [2.24, 2.45) is 0 Å². The van der Waals surface area contributed by atoms with Crippen molar-refractivity contribution in [3.05, 3.63) is 23.3 Å². The molecule has 0 atom stereocenters. The van der Waals surface area contributed by atoms with Crippen molar-refractivity contribution in [1.29, 1.82) is 0 Å². The van der Waals surface area contributed by atoms with Crippen LogP contribution in [0.15, 0.2) is 12.1 Å². The van der Waals surface area contributed by atoms with E-state index in [0.717, 1.165) is 0 Å². The zero-order valence-corrected chi connectivity index (χ0v) is 30.7. The van der Waals surface area contributed by atoms with Crippen LogP contribution in [0.3, 0.4) is 0 Å². The Kier molecular flexibility index (Phi) is 18.0. The van der Waals surface area contributed by atoms with Gasteiger partial charge in [-0.15, -0.1) is 0 Å². The van der Waals surface area contributed by atoms with Gasteiger partial charge >= 0.3 is 237 Å². The average Bonchev–Trinajstić information content (AvgIpc) is 2.92. The van der Waals surface area contributed by atoms with Crippen LogP contribution in [0.5, 0.6) is 0 Å². The molecular formula is C34H58Sn2. The topological polar surface area (TPSA) is 0 Å². The van der Waals surface area contributed by atoms with Crippen LogP contribution in [-0.4, -0.2) is 36.8 Å². The van der Waals surface area contributed by atoms with Crippen molar-refractivity contribution in [2.45, 2.75) is 145 Å². The third kappa shape index (κ3) is 9.29. The van der Waals surface area contributed by atoms with E-state index < -0.39 is 36.8 Å². The SMILES string of the molecule is C#Cc1ccc(C#C)[c]([Sn]([CH2]CCC)([CH2]CCC)[CH2]CCC)[c]1[Sn]([CH2]CCC)([CH2]CCC)[CH2]CCC. The van der Waals surface area contributed by atoms with Crippen molar-refractivity contribution in [2.75, 3.05) is 0 Å². The van der Waals surface area contributed by atoms with Crippen LogP contribution < -0.4 is 7.16 Å². The van der Waals surface area contributed by atoms with Gasteiger partial charge in [0.25, 0.3) is 0 Å². The fourth-order valence-electron chi connectivity index (χ4n) is 6.54. The summed E-state index contributed by atoms with van der Waals surface area (Å²) in [7, 11) is 0. The van der Waals surface area contributed by atoms with Crippen molar-refractivity contribution in [3.63, 3.8) is 0 Å². The molecule has 0 unspecified atom stereocenters. The molecule has 0 amide bonds. The summed E-state index contributed by atoms with van der Waals surface area (Å²) in [5.41, 5.74) is 2.54. The third-order valence-electron chi connectivity index (χ3n) is 8.63. The molecule has 0 saturated carbocycles. The van der Waals surface area contributed by atoms with Crippen molar-refractivity contribution in [1.82, 2.24) is 0 Å². The molecule has 0 radical (unpaired) electrons. The molecule has 0 aliphatic carbocycles. The number of hydrogen-bond acceptors (Lipinski definition) is 0. The quantitative estimate of drug-likeness (QED) is 0.0938. The molecule has 0 saturated heterocycles. The summed E-state index contributed by atoms with van der Waals surface area (Å²) in [5, 5.41) is 0. The molecule has 1 rings (SSSR count). The van der Waals surface area contributed by atoms with Gasteiger partial charge in [-0.05, 0) is 0 Å². The minimum absolute atomic E-state index is 1.27. The maximum atomic E-state index is 6.39. The zero-order valence-electron chi connectivity index (χ0n) is 25.0. The van der Waals surface area contributed by atoms with Gasteiger partial charge in [0.1, 0.15) is 0 Å². The molecule has 0 heterocycles. The van der Waals surface area contributed by atoms with E-state index in [0.29, 0.717) is 0 Å². The van der Waals surface area contributed by atoms with Gasteiger partial charge in [0.05, 0.1) is 0 Å². The second kappa shape index (κ2) is 19.1. The van der Waals surface area contributed by atoms with Crippen LogP contribution in [0.1, 0.15) is 130 Å². The summed E-state index contributed by atoms with van der Waals surface area (Å²) in [6.07, 6.45) is 28.8. The fraction of sp³-hybridized carbons (Fsp3) is 0.706. The molecule has 2 heteroatoms. The maximum absolute atomic E-state index is 6.39. The Balaban J connectivity index is 4.17. The first-order valence-corrected chi connectivity index (χ1v) is 30.6. The first-order chi connectivity index (χ1) is 17.5. The van der Waals surface area contributed by atoms with Crippen LogP contribution in [-0.2, 0) is 0 Å². The number of unbranched alkanes of at least 4 members (excludes halogenated alkanes) is 6. The van der Waals surface area contributed by atoms with E-state index in [1.165, 1.54) is 115 Å². The van der Waals surface area contributed by atoms with Crippen molar-refractivity contribution < 1.29 is 0 Å². The van der Waals surface area contributed by atoms with E-state index in [4.69, 9.17) is 12.8 Å². The molecular weight excluding hydrogens is 646 g/mol. The van der Waals surface area contributed by atoms with Gasteiger partial charge in [-0.1, -0.05) is 0 Å². The average molecular weight is 704 g/mol. The first-order valence-electron chi connectivity index (χ1n) is 15.6. The van der Waals surface area contributed by atoms with Gasteiger partial charge in [-0.3, -0.25) is 0 Å². The van der Waals surface area contributed by atoms with Gasteiger partial charge < -0.3 is 0 Å². The number of benzene rings is 1. The summed E-state index contributed by atoms with van der Waals surface area (Å²) < 4.78 is 12.4. The molecule has 0 nitrogen and oxygen atoms in total. The second-order valence-corrected chi connectivity index (χ2v) is 37.4. The first kappa shape index (κ1) is 34.0. The molecule has 1 aromatic rings. The van der Waals surface area contributed by atoms with E-state index in [9.17, 15) is 0 Å². The van der Waals surface area contributed by atoms with E-state index in [1.54, 1.807) is 7.16 Å². The van der Waals surface area contributed by atoms with Crippen LogP contribution in [0, 0.1) is 24.7 Å². The summed E-state index contributed by atoms with van der Waals surface area (Å²) in [6, 6.07) is 4.55. The monoisotopic (exact) mass is 706 g/mol. The molecule has 0 spiro atoms. The Morgan fingerprint density at radius 3 is 0.861 bits per heavy atom. The van der Waals surface area contributed by atoms with E-state index >= 15 is 0 Å². The Labute approximate surface area is 235 Å². The minimum atomic E-state index is -2.82. The van der Waals surface area contributed by atoms with Gasteiger partial charge in [-0.25, -0.2) is 0 Å². The van der Waals surface area contributed by atoms with Crippen molar-refractivity contribution >= 4 is 43.9 Å². The van der Waals surface area contributed by atoms with Gasteiger partial charge in [0.2, 0.25) is 0 Å². The van der Waals surface area contributed by atoms with Crippen LogP contribution in [0.25, 0.3) is 0 Å². The summed E-state index contributed by atoms with van der Waals surface area (Å²) >= 11 is -5.64. The molecule has 0 N–H and O–H groups in total. The second-order valence-electron chi connectivity index (χ2n) is 11.4. The van der Waals surface area contributed by atoms with Crippen LogP contribution >= 0.6 is 0 Å². The Bertz CT molecular complexity index is 710. The molecule has 0 aromatic heterocycles. The normalized spacial score (nSPS) is 11.9. The molecule has 1 aromatic carbocycles. The summed E-state index contributed by atoms with van der Waals surface area (Å²) in [6.45, 7) is 14.3. The van der Waals surface area contributed by atoms with E-state index in [1.807, 2.05) is 0 Å². The summed E-state index contributed by atoms with van der Waals surface area (Å²) in [4.78, 5) is 0. The Morgan fingerprint density at radius 1 is 0.472 bits per heavy atom. The predicted octanol–water partition coefficient (Wildman–Crippen LogP) is 9.76. The fourth-order valence-corrected chi connectivity index (χ4v) is 50.8. The van der Waals surface area contributed by atoms with Crippen molar-refractivity contribution in [3.8, 4) is 24.7 Å².